The summed E-state index contributed by atoms with van der Waals surface area (Å²) in [6.07, 6.45) is 0.831. The summed E-state index contributed by atoms with van der Waals surface area (Å²) in [4.78, 5) is 24.6. The molecule has 23 heavy (non-hydrogen) atoms. The van der Waals surface area contributed by atoms with Gasteiger partial charge < -0.3 is 36.6 Å². The molecular weight excluding hydrogens is 352 g/mol. The van der Waals surface area contributed by atoms with Crippen molar-refractivity contribution in [2.24, 2.45) is 17.4 Å². The van der Waals surface area contributed by atoms with E-state index in [1.165, 1.54) is 4.90 Å². The largest absolute Gasteiger partial charge is 0.480 e. The summed E-state index contributed by atoms with van der Waals surface area (Å²) in [6.45, 7) is -0.584. The molecule has 12 heteroatoms. The first-order chi connectivity index (χ1) is 9.72. The SMILES string of the molecule is Cl.Cl.N[C@@H](CO)C(=O)N1C[C@H](CCCB(O)O)[C@](N)(C(=O)O)C1. The molecule has 1 amide bonds. The van der Waals surface area contributed by atoms with Gasteiger partial charge in [0.2, 0.25) is 5.91 Å². The van der Waals surface area contributed by atoms with E-state index < -0.39 is 43.1 Å². The van der Waals surface area contributed by atoms with Crippen molar-refractivity contribution in [3.05, 3.63) is 0 Å². The summed E-state index contributed by atoms with van der Waals surface area (Å²) < 4.78 is 0. The molecule has 0 radical (unpaired) electrons. The van der Waals surface area contributed by atoms with Crippen LogP contribution < -0.4 is 11.5 Å². The van der Waals surface area contributed by atoms with Gasteiger partial charge >= 0.3 is 13.1 Å². The molecule has 0 spiro atoms. The number of amides is 1. The Labute approximate surface area is 147 Å². The molecule has 3 atom stereocenters. The lowest BCUT2D eigenvalue weighted by molar-refractivity contribution is -0.144. The lowest BCUT2D eigenvalue weighted by atomic mass is 9.78. The Balaban J connectivity index is 0. The first-order valence-corrected chi connectivity index (χ1v) is 6.76. The summed E-state index contributed by atoms with van der Waals surface area (Å²) in [5, 5.41) is 35.8. The number of carboxylic acids is 1. The normalized spacial score (nSPS) is 24.4. The number of hydrogen-bond acceptors (Lipinski definition) is 7. The van der Waals surface area contributed by atoms with E-state index >= 15 is 0 Å². The van der Waals surface area contributed by atoms with E-state index in [4.69, 9.17) is 26.6 Å². The van der Waals surface area contributed by atoms with Crippen LogP contribution in [-0.2, 0) is 9.59 Å². The van der Waals surface area contributed by atoms with E-state index in [1.54, 1.807) is 0 Å². The topological polar surface area (TPSA) is 170 Å². The minimum Gasteiger partial charge on any atom is -0.480 e. The number of rotatable bonds is 7. The molecule has 1 fully saturated rings. The number of carbonyl (C=O) groups excluding carboxylic acids is 1. The fraction of sp³-hybridized carbons (Fsp3) is 0.818. The molecule has 1 aliphatic heterocycles. The monoisotopic (exact) mass is 375 g/mol. The molecule has 0 aromatic rings. The van der Waals surface area contributed by atoms with Gasteiger partial charge in [-0.05, 0) is 12.7 Å². The molecule has 9 nitrogen and oxygen atoms in total. The van der Waals surface area contributed by atoms with E-state index in [2.05, 4.69) is 0 Å². The zero-order chi connectivity index (χ0) is 16.2. The highest BCUT2D eigenvalue weighted by atomic mass is 35.5. The number of halogens is 2. The first-order valence-electron chi connectivity index (χ1n) is 6.76. The standard InChI is InChI=1S/C11H22BN3O6.2ClH/c13-8(5-16)9(17)15-4-7(2-1-3-12(20)21)11(14,6-15)10(18)19;;/h7-8,16,20-21H,1-6,13-14H2,(H,18,19);2*1H/t7-,8-,11-;;/m0../s1. The summed E-state index contributed by atoms with van der Waals surface area (Å²) in [5.74, 6) is -2.27. The third-order valence-electron chi connectivity index (χ3n) is 3.86. The fourth-order valence-corrected chi connectivity index (χ4v) is 2.56. The minimum absolute atomic E-state index is 0. The van der Waals surface area contributed by atoms with Gasteiger partial charge in [0, 0.05) is 19.0 Å². The zero-order valence-corrected chi connectivity index (χ0v) is 14.1. The molecular formula is C11H24BCl2N3O6. The van der Waals surface area contributed by atoms with Gasteiger partial charge in [-0.15, -0.1) is 24.8 Å². The van der Waals surface area contributed by atoms with Gasteiger partial charge in [-0.1, -0.05) is 6.42 Å². The van der Waals surface area contributed by atoms with Crippen molar-refractivity contribution in [2.45, 2.75) is 30.7 Å². The Morgan fingerprint density at radius 3 is 2.35 bits per heavy atom. The van der Waals surface area contributed by atoms with E-state index in [0.717, 1.165) is 0 Å². The van der Waals surface area contributed by atoms with Gasteiger partial charge in [-0.25, -0.2) is 0 Å². The van der Waals surface area contributed by atoms with Gasteiger partial charge in [0.05, 0.1) is 6.61 Å². The highest BCUT2D eigenvalue weighted by molar-refractivity contribution is 6.40. The number of aliphatic hydroxyl groups is 1. The Hall–Kier alpha value is -0.615. The minimum atomic E-state index is -1.59. The third-order valence-corrected chi connectivity index (χ3v) is 3.86. The average Bonchev–Trinajstić information content (AvgIpc) is 2.75. The number of aliphatic hydroxyl groups excluding tert-OH is 1. The maximum atomic E-state index is 11.9. The third kappa shape index (κ3) is 6.07. The summed E-state index contributed by atoms with van der Waals surface area (Å²) in [5.41, 5.74) is 9.77. The summed E-state index contributed by atoms with van der Waals surface area (Å²) in [6, 6.07) is -1.10. The fourth-order valence-electron chi connectivity index (χ4n) is 2.56. The van der Waals surface area contributed by atoms with Gasteiger partial charge in [0.15, 0.2) is 0 Å². The lowest BCUT2D eigenvalue weighted by Gasteiger charge is -2.25. The van der Waals surface area contributed by atoms with Crippen molar-refractivity contribution < 1.29 is 29.9 Å². The van der Waals surface area contributed by atoms with Gasteiger partial charge in [-0.2, -0.15) is 0 Å². The van der Waals surface area contributed by atoms with E-state index in [9.17, 15) is 14.7 Å². The smallest absolute Gasteiger partial charge is 0.451 e. The van der Waals surface area contributed by atoms with Crippen LogP contribution in [-0.4, -0.2) is 75.4 Å². The van der Waals surface area contributed by atoms with Crippen molar-refractivity contribution in [2.75, 3.05) is 19.7 Å². The van der Waals surface area contributed by atoms with Crippen molar-refractivity contribution >= 4 is 43.8 Å². The van der Waals surface area contributed by atoms with Gasteiger partial charge in [0.25, 0.3) is 0 Å². The van der Waals surface area contributed by atoms with E-state index in [0.29, 0.717) is 12.8 Å². The van der Waals surface area contributed by atoms with E-state index in [-0.39, 0.29) is 44.2 Å². The average molecular weight is 376 g/mol. The Bertz CT molecular complexity index is 406. The van der Waals surface area contributed by atoms with Crippen LogP contribution in [0.5, 0.6) is 0 Å². The van der Waals surface area contributed by atoms with Crippen molar-refractivity contribution in [3.8, 4) is 0 Å². The molecule has 1 saturated heterocycles. The van der Waals surface area contributed by atoms with Crippen LogP contribution in [0, 0.1) is 5.92 Å². The molecule has 0 unspecified atom stereocenters. The number of nitrogens with two attached hydrogens (primary N) is 2. The van der Waals surface area contributed by atoms with Crippen molar-refractivity contribution in [1.29, 1.82) is 0 Å². The predicted molar refractivity (Wildman–Crippen MR) is 88.4 cm³/mol. The van der Waals surface area contributed by atoms with Crippen LogP contribution in [0.15, 0.2) is 0 Å². The maximum absolute atomic E-state index is 11.9. The molecule has 0 aliphatic carbocycles. The number of likely N-dealkylation sites (tertiary alicyclic amines) is 1. The second-order valence-electron chi connectivity index (χ2n) is 5.46. The lowest BCUT2D eigenvalue weighted by Crippen LogP contribution is -2.55. The number of carbonyl (C=O) groups is 2. The predicted octanol–water partition coefficient (Wildman–Crippen LogP) is -2.36. The Kier molecular flexibility index (Phi) is 11.0. The molecule has 0 aromatic heterocycles. The van der Waals surface area contributed by atoms with Crippen LogP contribution in [0.2, 0.25) is 6.32 Å². The van der Waals surface area contributed by atoms with Crippen LogP contribution in [0.3, 0.4) is 0 Å². The number of nitrogens with zero attached hydrogens (tertiary/aromatic N) is 1. The molecule has 0 aromatic carbocycles. The molecule has 1 aliphatic rings. The summed E-state index contributed by atoms with van der Waals surface area (Å²) >= 11 is 0. The highest BCUT2D eigenvalue weighted by Gasteiger charge is 2.50. The first kappa shape index (κ1) is 24.6. The van der Waals surface area contributed by atoms with Crippen LogP contribution in [0.25, 0.3) is 0 Å². The zero-order valence-electron chi connectivity index (χ0n) is 12.5. The Morgan fingerprint density at radius 2 is 1.91 bits per heavy atom. The van der Waals surface area contributed by atoms with Crippen LogP contribution in [0.4, 0.5) is 0 Å². The molecule has 0 bridgehead atoms. The van der Waals surface area contributed by atoms with E-state index in [1.807, 2.05) is 0 Å². The second-order valence-corrected chi connectivity index (χ2v) is 5.46. The summed E-state index contributed by atoms with van der Waals surface area (Å²) in [7, 11) is -1.45. The van der Waals surface area contributed by atoms with Crippen LogP contribution >= 0.6 is 24.8 Å². The number of aliphatic carboxylic acids is 1. The second kappa shape index (κ2) is 10.3. The number of hydrogen-bond donors (Lipinski definition) is 6. The molecule has 8 N–H and O–H groups in total. The molecule has 1 rings (SSSR count). The van der Waals surface area contributed by atoms with Gasteiger partial charge in [0.1, 0.15) is 11.6 Å². The van der Waals surface area contributed by atoms with Crippen LogP contribution in [0.1, 0.15) is 12.8 Å². The highest BCUT2D eigenvalue weighted by Crippen LogP contribution is 2.30. The molecule has 0 saturated carbocycles. The van der Waals surface area contributed by atoms with Crippen molar-refractivity contribution in [3.63, 3.8) is 0 Å². The van der Waals surface area contributed by atoms with Crippen molar-refractivity contribution in [1.82, 2.24) is 4.90 Å². The number of carboxylic acid groups (broad SMARTS) is 1. The Morgan fingerprint density at radius 1 is 1.35 bits per heavy atom. The quantitative estimate of drug-likeness (QED) is 0.268. The van der Waals surface area contributed by atoms with Gasteiger partial charge in [-0.3, -0.25) is 9.59 Å². The molecule has 136 valence electrons. The maximum Gasteiger partial charge on any atom is 0.451 e. The molecule has 1 heterocycles.